The Balaban J connectivity index is 2.21. The molecule has 19 heavy (non-hydrogen) atoms. The quantitative estimate of drug-likeness (QED) is 0.806. The maximum atomic E-state index is 12.2. The second-order valence-corrected chi connectivity index (χ2v) is 4.68. The van der Waals surface area contributed by atoms with Crippen molar-refractivity contribution in [3.63, 3.8) is 0 Å². The van der Waals surface area contributed by atoms with E-state index in [1.165, 1.54) is 6.07 Å². The summed E-state index contributed by atoms with van der Waals surface area (Å²) < 4.78 is 0. The highest BCUT2D eigenvalue weighted by Crippen LogP contribution is 2.24. The van der Waals surface area contributed by atoms with Crippen molar-refractivity contribution in [2.24, 2.45) is 0 Å². The number of nitrogens with one attached hydrogen (secondary N) is 1. The summed E-state index contributed by atoms with van der Waals surface area (Å²) in [6, 6.07) is 10.8. The predicted molar refractivity (Wildman–Crippen MR) is 77.5 cm³/mol. The van der Waals surface area contributed by atoms with Gasteiger partial charge >= 0.3 is 0 Å². The number of benzene rings is 2. The smallest absolute Gasteiger partial charge is 0.252 e. The topological polar surface area (TPSA) is 49.3 Å². The average Bonchev–Trinajstić information content (AvgIpc) is 2.42. The van der Waals surface area contributed by atoms with Crippen molar-refractivity contribution in [3.05, 3.63) is 42.0 Å². The predicted octanol–water partition coefficient (Wildman–Crippen LogP) is 3.47. The van der Waals surface area contributed by atoms with Gasteiger partial charge in [0.15, 0.2) is 0 Å². The van der Waals surface area contributed by atoms with E-state index in [4.69, 9.17) is 0 Å². The number of phenols is 1. The van der Waals surface area contributed by atoms with Crippen LogP contribution in [0.15, 0.2) is 36.4 Å². The molecule has 2 aromatic rings. The van der Waals surface area contributed by atoms with E-state index in [2.05, 4.69) is 12.2 Å². The molecule has 0 spiro atoms. The van der Waals surface area contributed by atoms with Crippen LogP contribution in [0.3, 0.4) is 0 Å². The molecule has 2 N–H and O–H groups in total. The molecule has 0 bridgehead atoms. The van der Waals surface area contributed by atoms with Gasteiger partial charge in [-0.15, -0.1) is 0 Å². The van der Waals surface area contributed by atoms with Crippen LogP contribution in [0.5, 0.6) is 5.75 Å². The molecule has 100 valence electrons. The zero-order valence-electron chi connectivity index (χ0n) is 11.1. The summed E-state index contributed by atoms with van der Waals surface area (Å²) in [4.78, 5) is 12.2. The maximum absolute atomic E-state index is 12.2. The Kier molecular flexibility index (Phi) is 4.39. The Labute approximate surface area is 113 Å². The lowest BCUT2D eigenvalue weighted by molar-refractivity contribution is 0.0954. The van der Waals surface area contributed by atoms with Gasteiger partial charge in [0, 0.05) is 6.54 Å². The standard InChI is InChI=1S/C16H19NO2/c1-2-3-6-9-17-16(19)15-11-13(18)10-12-7-4-5-8-14(12)15/h4-5,7-8,10-11,18H,2-3,6,9H2,1H3,(H,17,19). The number of phenolic OH excluding ortho intramolecular Hbond substituents is 1. The molecule has 2 aromatic carbocycles. The summed E-state index contributed by atoms with van der Waals surface area (Å²) >= 11 is 0. The number of fused-ring (bicyclic) bond motifs is 1. The summed E-state index contributed by atoms with van der Waals surface area (Å²) in [5, 5.41) is 14.3. The van der Waals surface area contributed by atoms with Crippen LogP contribution in [0.4, 0.5) is 0 Å². The minimum absolute atomic E-state index is 0.122. The molecule has 0 aromatic heterocycles. The Morgan fingerprint density at radius 2 is 2.00 bits per heavy atom. The molecule has 0 saturated carbocycles. The Bertz CT molecular complexity index is 578. The molecule has 0 aliphatic heterocycles. The van der Waals surface area contributed by atoms with Crippen LogP contribution in [0.25, 0.3) is 10.8 Å². The molecule has 3 nitrogen and oxygen atoms in total. The second-order valence-electron chi connectivity index (χ2n) is 4.68. The number of carbonyl (C=O) groups is 1. The maximum Gasteiger partial charge on any atom is 0.252 e. The number of unbranched alkanes of at least 4 members (excludes halogenated alkanes) is 2. The highest BCUT2D eigenvalue weighted by atomic mass is 16.3. The van der Waals surface area contributed by atoms with Gasteiger partial charge in [0.05, 0.1) is 5.56 Å². The van der Waals surface area contributed by atoms with Crippen LogP contribution in [0.1, 0.15) is 36.5 Å². The van der Waals surface area contributed by atoms with Gasteiger partial charge in [0.2, 0.25) is 0 Å². The number of aromatic hydroxyl groups is 1. The first-order chi connectivity index (χ1) is 9.22. The molecular weight excluding hydrogens is 238 g/mol. The normalized spacial score (nSPS) is 10.6. The Morgan fingerprint density at radius 1 is 1.21 bits per heavy atom. The Hall–Kier alpha value is -2.03. The van der Waals surface area contributed by atoms with Crippen LogP contribution in [0, 0.1) is 0 Å². The lowest BCUT2D eigenvalue weighted by Gasteiger charge is -2.08. The fraction of sp³-hybridized carbons (Fsp3) is 0.312. The van der Waals surface area contributed by atoms with Crippen molar-refractivity contribution >= 4 is 16.7 Å². The van der Waals surface area contributed by atoms with Crippen LogP contribution < -0.4 is 5.32 Å². The molecule has 1 amide bonds. The highest BCUT2D eigenvalue weighted by Gasteiger charge is 2.10. The van der Waals surface area contributed by atoms with Gasteiger partial charge in [-0.3, -0.25) is 4.79 Å². The van der Waals surface area contributed by atoms with E-state index >= 15 is 0 Å². The van der Waals surface area contributed by atoms with Crippen LogP contribution in [-0.2, 0) is 0 Å². The minimum atomic E-state index is -0.122. The molecule has 0 radical (unpaired) electrons. The molecule has 0 heterocycles. The largest absolute Gasteiger partial charge is 0.508 e. The van der Waals surface area contributed by atoms with Gasteiger partial charge in [-0.2, -0.15) is 0 Å². The van der Waals surface area contributed by atoms with Crippen LogP contribution >= 0.6 is 0 Å². The van der Waals surface area contributed by atoms with Gasteiger partial charge < -0.3 is 10.4 Å². The van der Waals surface area contributed by atoms with Crippen molar-refractivity contribution in [2.75, 3.05) is 6.54 Å². The van der Waals surface area contributed by atoms with Crippen LogP contribution in [0.2, 0.25) is 0 Å². The summed E-state index contributed by atoms with van der Waals surface area (Å²) in [5.74, 6) is 0.000566. The SMILES string of the molecule is CCCCCNC(=O)c1cc(O)cc2ccccc12. The number of amides is 1. The van der Waals surface area contributed by atoms with Crippen molar-refractivity contribution in [1.82, 2.24) is 5.32 Å². The highest BCUT2D eigenvalue weighted by molar-refractivity contribution is 6.07. The monoisotopic (exact) mass is 257 g/mol. The zero-order chi connectivity index (χ0) is 13.7. The van der Waals surface area contributed by atoms with Gasteiger partial charge in [-0.1, -0.05) is 44.0 Å². The van der Waals surface area contributed by atoms with E-state index in [0.717, 1.165) is 30.0 Å². The molecule has 0 aliphatic rings. The van der Waals surface area contributed by atoms with E-state index in [-0.39, 0.29) is 11.7 Å². The van der Waals surface area contributed by atoms with Crippen LogP contribution in [-0.4, -0.2) is 17.6 Å². The van der Waals surface area contributed by atoms with Crippen molar-refractivity contribution < 1.29 is 9.90 Å². The third-order valence-corrected chi connectivity index (χ3v) is 3.16. The molecular formula is C16H19NO2. The first-order valence-corrected chi connectivity index (χ1v) is 6.72. The van der Waals surface area contributed by atoms with Gasteiger partial charge in [-0.25, -0.2) is 0 Å². The summed E-state index contributed by atoms with van der Waals surface area (Å²) in [5.41, 5.74) is 0.534. The van der Waals surface area contributed by atoms with E-state index in [0.29, 0.717) is 12.1 Å². The van der Waals surface area contributed by atoms with Crippen molar-refractivity contribution in [3.8, 4) is 5.75 Å². The molecule has 3 heteroatoms. The third-order valence-electron chi connectivity index (χ3n) is 3.16. The molecule has 0 saturated heterocycles. The molecule has 2 rings (SSSR count). The van der Waals surface area contributed by atoms with E-state index in [9.17, 15) is 9.90 Å². The molecule has 0 atom stereocenters. The lowest BCUT2D eigenvalue weighted by atomic mass is 10.0. The Morgan fingerprint density at radius 3 is 2.79 bits per heavy atom. The van der Waals surface area contributed by atoms with Gasteiger partial charge in [0.1, 0.15) is 5.75 Å². The molecule has 0 unspecified atom stereocenters. The summed E-state index contributed by atoms with van der Waals surface area (Å²) in [6.45, 7) is 2.81. The first kappa shape index (κ1) is 13.4. The summed E-state index contributed by atoms with van der Waals surface area (Å²) in [6.07, 6.45) is 3.23. The van der Waals surface area contributed by atoms with Gasteiger partial charge in [0.25, 0.3) is 5.91 Å². The van der Waals surface area contributed by atoms with E-state index in [1.807, 2.05) is 24.3 Å². The fourth-order valence-corrected chi connectivity index (χ4v) is 2.15. The van der Waals surface area contributed by atoms with Crippen molar-refractivity contribution in [1.29, 1.82) is 0 Å². The third kappa shape index (κ3) is 3.25. The lowest BCUT2D eigenvalue weighted by Crippen LogP contribution is -2.24. The number of rotatable bonds is 5. The second kappa shape index (κ2) is 6.23. The minimum Gasteiger partial charge on any atom is -0.508 e. The molecule has 0 aliphatic carbocycles. The first-order valence-electron chi connectivity index (χ1n) is 6.72. The molecule has 0 fully saturated rings. The zero-order valence-corrected chi connectivity index (χ0v) is 11.1. The number of carbonyl (C=O) groups excluding carboxylic acids is 1. The average molecular weight is 257 g/mol. The fourth-order valence-electron chi connectivity index (χ4n) is 2.15. The van der Waals surface area contributed by atoms with E-state index in [1.54, 1.807) is 6.07 Å². The van der Waals surface area contributed by atoms with E-state index < -0.39 is 0 Å². The van der Waals surface area contributed by atoms with Crippen molar-refractivity contribution in [2.45, 2.75) is 26.2 Å². The summed E-state index contributed by atoms with van der Waals surface area (Å²) in [7, 11) is 0. The number of hydrogen-bond donors (Lipinski definition) is 2. The van der Waals surface area contributed by atoms with Gasteiger partial charge in [-0.05, 0) is 29.3 Å². The number of hydrogen-bond acceptors (Lipinski definition) is 2.